The second-order valence-corrected chi connectivity index (χ2v) is 6.34. The van der Waals surface area contributed by atoms with Crippen LogP contribution in [0.5, 0.6) is 0 Å². The Kier molecular flexibility index (Phi) is 13.3. The lowest BCUT2D eigenvalue weighted by Gasteiger charge is -2.19. The number of methoxy groups -OCH3 is 1. The number of amides is 1. The van der Waals surface area contributed by atoms with Crippen molar-refractivity contribution in [2.24, 2.45) is 11.8 Å². The molecule has 0 aliphatic carbocycles. The van der Waals surface area contributed by atoms with E-state index in [9.17, 15) is 14.4 Å². The van der Waals surface area contributed by atoms with Gasteiger partial charge in [-0.25, -0.2) is 9.59 Å². The van der Waals surface area contributed by atoms with Gasteiger partial charge in [0.05, 0.1) is 0 Å². The van der Waals surface area contributed by atoms with Crippen LogP contribution in [0.25, 0.3) is 0 Å². The van der Waals surface area contributed by atoms with Crippen LogP contribution in [0.15, 0.2) is 0 Å². The van der Waals surface area contributed by atoms with Crippen LogP contribution in [0.3, 0.4) is 0 Å². The fourth-order valence-corrected chi connectivity index (χ4v) is 2.28. The van der Waals surface area contributed by atoms with Crippen molar-refractivity contribution in [3.05, 3.63) is 0 Å². The highest BCUT2D eigenvalue weighted by Gasteiger charge is 2.18. The van der Waals surface area contributed by atoms with Gasteiger partial charge in [0.25, 0.3) is 0 Å². The van der Waals surface area contributed by atoms with Crippen LogP contribution in [0.2, 0.25) is 0 Å². The molecule has 9 heteroatoms. The summed E-state index contributed by atoms with van der Waals surface area (Å²) in [7, 11) is 1.57. The summed E-state index contributed by atoms with van der Waals surface area (Å²) in [4.78, 5) is 34.1. The van der Waals surface area contributed by atoms with Crippen molar-refractivity contribution < 1.29 is 38.4 Å². The van der Waals surface area contributed by atoms with Gasteiger partial charge in [0.2, 0.25) is 6.29 Å². The van der Waals surface area contributed by atoms with Gasteiger partial charge in [-0.3, -0.25) is 4.79 Å². The lowest BCUT2D eigenvalue weighted by molar-refractivity contribution is -0.170. The van der Waals surface area contributed by atoms with E-state index in [1.807, 2.05) is 13.8 Å². The molecule has 0 aliphatic heterocycles. The van der Waals surface area contributed by atoms with Gasteiger partial charge in [-0.1, -0.05) is 13.8 Å². The van der Waals surface area contributed by atoms with E-state index in [4.69, 9.17) is 24.1 Å². The molecule has 0 aromatic heterocycles. The Morgan fingerprint density at radius 1 is 1.08 bits per heavy atom. The third kappa shape index (κ3) is 14.5. The van der Waals surface area contributed by atoms with Gasteiger partial charge in [-0.15, -0.1) is 0 Å². The molecule has 0 saturated heterocycles. The summed E-state index contributed by atoms with van der Waals surface area (Å²) < 4.78 is 19.7. The molecule has 2 atom stereocenters. The third-order valence-electron chi connectivity index (χ3n) is 3.23. The van der Waals surface area contributed by atoms with Crippen LogP contribution >= 0.6 is 0 Å². The number of carboxylic acid groups (broad SMARTS) is 1. The van der Waals surface area contributed by atoms with Crippen LogP contribution < -0.4 is 5.32 Å². The molecule has 152 valence electrons. The standard InChI is InChI=1S/C17H31NO8/c1-12(2)8-14(9-15(19)20)10-18-17(22)26-13(3)25-16(21)11-24-7-5-6-23-4/h12-14H,5-11H2,1-4H3,(H,18,22)(H,19,20)/t13?,14-/m0/s1. The number of alkyl carbamates (subject to hydrolysis) is 1. The van der Waals surface area contributed by atoms with Crippen LogP contribution in [-0.2, 0) is 28.5 Å². The Morgan fingerprint density at radius 3 is 2.35 bits per heavy atom. The second kappa shape index (κ2) is 14.3. The number of carbonyl (C=O) groups excluding carboxylic acids is 2. The van der Waals surface area contributed by atoms with Gasteiger partial charge in [0.15, 0.2) is 0 Å². The average molecular weight is 377 g/mol. The van der Waals surface area contributed by atoms with E-state index in [0.29, 0.717) is 32.0 Å². The van der Waals surface area contributed by atoms with Crippen molar-refractivity contribution in [2.75, 3.05) is 33.5 Å². The SMILES string of the molecule is COCCCOCC(=O)OC(C)OC(=O)NC[C@H](CC(=O)O)CC(C)C. The molecule has 0 rings (SSSR count). The zero-order chi connectivity index (χ0) is 19.9. The Hall–Kier alpha value is -1.87. The smallest absolute Gasteiger partial charge is 0.410 e. The van der Waals surface area contributed by atoms with Crippen LogP contribution in [0, 0.1) is 11.8 Å². The number of hydrogen-bond donors (Lipinski definition) is 2. The molecule has 1 amide bonds. The molecule has 0 aliphatic rings. The molecule has 0 aromatic carbocycles. The number of esters is 1. The van der Waals surface area contributed by atoms with Crippen LogP contribution in [-0.4, -0.2) is 62.9 Å². The van der Waals surface area contributed by atoms with Crippen LogP contribution in [0.1, 0.15) is 40.0 Å². The Bertz CT molecular complexity index is 427. The van der Waals surface area contributed by atoms with Crippen molar-refractivity contribution in [1.82, 2.24) is 5.32 Å². The molecule has 2 N–H and O–H groups in total. The van der Waals surface area contributed by atoms with E-state index >= 15 is 0 Å². The first-order valence-corrected chi connectivity index (χ1v) is 8.67. The lowest BCUT2D eigenvalue weighted by Crippen LogP contribution is -2.34. The van der Waals surface area contributed by atoms with E-state index in [2.05, 4.69) is 5.32 Å². The number of carbonyl (C=O) groups is 3. The number of rotatable bonds is 14. The zero-order valence-electron chi connectivity index (χ0n) is 16.0. The second-order valence-electron chi connectivity index (χ2n) is 6.34. The molecular weight excluding hydrogens is 346 g/mol. The first kappa shape index (κ1) is 24.1. The van der Waals surface area contributed by atoms with E-state index < -0.39 is 24.3 Å². The van der Waals surface area contributed by atoms with Crippen molar-refractivity contribution in [3.8, 4) is 0 Å². The molecule has 0 spiro atoms. The summed E-state index contributed by atoms with van der Waals surface area (Å²) in [5.41, 5.74) is 0. The van der Waals surface area contributed by atoms with Gasteiger partial charge in [-0.2, -0.15) is 0 Å². The largest absolute Gasteiger partial charge is 0.481 e. The molecule has 0 radical (unpaired) electrons. The number of ether oxygens (including phenoxy) is 4. The maximum atomic E-state index is 11.7. The Labute approximate surface area is 154 Å². The normalized spacial score (nSPS) is 13.1. The molecule has 9 nitrogen and oxygen atoms in total. The predicted octanol–water partition coefficient (Wildman–Crippen LogP) is 1.79. The summed E-state index contributed by atoms with van der Waals surface area (Å²) in [6.07, 6.45) is -0.564. The Morgan fingerprint density at radius 2 is 1.77 bits per heavy atom. The zero-order valence-corrected chi connectivity index (χ0v) is 16.0. The maximum absolute atomic E-state index is 11.7. The summed E-state index contributed by atoms with van der Waals surface area (Å²) in [6, 6.07) is 0. The van der Waals surface area contributed by atoms with Gasteiger partial charge < -0.3 is 29.4 Å². The average Bonchev–Trinajstić information content (AvgIpc) is 2.51. The van der Waals surface area contributed by atoms with E-state index in [0.717, 1.165) is 0 Å². The number of carboxylic acids is 1. The van der Waals surface area contributed by atoms with Gasteiger partial charge >= 0.3 is 18.0 Å². The van der Waals surface area contributed by atoms with Crippen molar-refractivity contribution in [3.63, 3.8) is 0 Å². The third-order valence-corrected chi connectivity index (χ3v) is 3.23. The molecule has 0 aromatic rings. The summed E-state index contributed by atoms with van der Waals surface area (Å²) >= 11 is 0. The highest BCUT2D eigenvalue weighted by atomic mass is 16.7. The highest BCUT2D eigenvalue weighted by Crippen LogP contribution is 2.14. The van der Waals surface area contributed by atoms with E-state index in [-0.39, 0.29) is 25.5 Å². The number of aliphatic carboxylic acids is 1. The summed E-state index contributed by atoms with van der Waals surface area (Å²) in [5, 5.41) is 11.4. The van der Waals surface area contributed by atoms with Crippen molar-refractivity contribution in [1.29, 1.82) is 0 Å². The predicted molar refractivity (Wildman–Crippen MR) is 92.5 cm³/mol. The fourth-order valence-electron chi connectivity index (χ4n) is 2.28. The van der Waals surface area contributed by atoms with Gasteiger partial charge in [0.1, 0.15) is 6.61 Å². The topological polar surface area (TPSA) is 120 Å². The van der Waals surface area contributed by atoms with Crippen molar-refractivity contribution >= 4 is 18.0 Å². The number of nitrogens with one attached hydrogen (secondary N) is 1. The quantitative estimate of drug-likeness (QED) is 0.267. The van der Waals surface area contributed by atoms with Gasteiger partial charge in [-0.05, 0) is 24.7 Å². The summed E-state index contributed by atoms with van der Waals surface area (Å²) in [6.45, 7) is 6.19. The summed E-state index contributed by atoms with van der Waals surface area (Å²) in [5.74, 6) is -1.45. The molecular formula is C17H31NO8. The molecule has 0 bridgehead atoms. The fraction of sp³-hybridized carbons (Fsp3) is 0.824. The first-order valence-electron chi connectivity index (χ1n) is 8.67. The minimum absolute atomic E-state index is 0.0383. The van der Waals surface area contributed by atoms with Gasteiger partial charge in [0, 0.05) is 40.2 Å². The molecule has 0 heterocycles. The van der Waals surface area contributed by atoms with E-state index in [1.54, 1.807) is 7.11 Å². The van der Waals surface area contributed by atoms with Crippen molar-refractivity contribution in [2.45, 2.75) is 46.3 Å². The number of hydrogen-bond acceptors (Lipinski definition) is 7. The first-order chi connectivity index (χ1) is 12.2. The lowest BCUT2D eigenvalue weighted by atomic mass is 9.94. The minimum atomic E-state index is -1.08. The minimum Gasteiger partial charge on any atom is -0.481 e. The molecule has 1 unspecified atom stereocenters. The highest BCUT2D eigenvalue weighted by molar-refractivity contribution is 5.71. The molecule has 0 fully saturated rings. The van der Waals surface area contributed by atoms with E-state index in [1.165, 1.54) is 6.92 Å². The molecule has 0 saturated carbocycles. The Balaban J connectivity index is 4.04. The maximum Gasteiger partial charge on any atom is 0.410 e. The molecule has 26 heavy (non-hydrogen) atoms. The van der Waals surface area contributed by atoms with Crippen LogP contribution in [0.4, 0.5) is 4.79 Å². The monoisotopic (exact) mass is 377 g/mol.